The molecular weight excluding hydrogens is 1060 g/mol. The second-order valence-electron chi connectivity index (χ2n) is 27.6. The van der Waals surface area contributed by atoms with E-state index in [1.54, 1.807) is 16.7 Å². The fourth-order valence-electron chi connectivity index (χ4n) is 9.85. The maximum Gasteiger partial charge on any atom is 0.155 e. The molecule has 2 rings (SSSR count). The molecule has 0 aromatic rings. The molecule has 506 valence electrons. The predicted molar refractivity (Wildman–Crippen MR) is 415 cm³/mol. The molecule has 1 heteroatoms. The Morgan fingerprint density at radius 1 is 0.466 bits per heavy atom. The fourth-order valence-corrected chi connectivity index (χ4v) is 9.85. The van der Waals surface area contributed by atoms with Gasteiger partial charge in [0.15, 0.2) is 5.78 Å². The summed E-state index contributed by atoms with van der Waals surface area (Å²) in [7, 11) is 0. The van der Waals surface area contributed by atoms with Gasteiger partial charge < -0.3 is 0 Å². The van der Waals surface area contributed by atoms with Crippen molar-refractivity contribution in [2.24, 2.45) is 34.5 Å². The first-order valence-electron chi connectivity index (χ1n) is 32.8. The average Bonchev–Trinajstić information content (AvgIpc) is 1.37. The number of unbranched alkanes of at least 4 members (excludes halogenated alkanes) is 1. The Morgan fingerprint density at radius 2 is 0.909 bits per heavy atom. The van der Waals surface area contributed by atoms with E-state index in [2.05, 4.69) is 275 Å². The maximum atomic E-state index is 11.7. The van der Waals surface area contributed by atoms with Gasteiger partial charge >= 0.3 is 0 Å². The zero-order valence-electron chi connectivity index (χ0n) is 58.9. The second-order valence-corrected chi connectivity index (χ2v) is 27.6. The van der Waals surface area contributed by atoms with Crippen molar-refractivity contribution in [1.82, 2.24) is 0 Å². The molecule has 0 aromatic carbocycles. The summed E-state index contributed by atoms with van der Waals surface area (Å²) in [4.78, 5) is 11.7. The van der Waals surface area contributed by atoms with Crippen LogP contribution in [0.1, 0.15) is 312 Å². The van der Waals surface area contributed by atoms with Crippen molar-refractivity contribution in [3.63, 3.8) is 0 Å². The molecule has 2 aliphatic rings. The summed E-state index contributed by atoms with van der Waals surface area (Å²) in [6.45, 7) is 53.3. The molecule has 0 spiro atoms. The number of hydrogen-bond donors (Lipinski definition) is 0. The van der Waals surface area contributed by atoms with Gasteiger partial charge in [0.1, 0.15) is 0 Å². The van der Waals surface area contributed by atoms with Crippen molar-refractivity contribution in [2.45, 2.75) is 312 Å². The first-order chi connectivity index (χ1) is 38.9. The van der Waals surface area contributed by atoms with Crippen LogP contribution in [0.2, 0.25) is 0 Å². The molecule has 0 atom stereocenters. The van der Waals surface area contributed by atoms with Crippen LogP contribution in [-0.2, 0) is 4.79 Å². The molecule has 88 heavy (non-hydrogen) atoms. The van der Waals surface area contributed by atoms with Gasteiger partial charge in [-0.1, -0.05) is 310 Å². The van der Waals surface area contributed by atoms with Gasteiger partial charge in [0, 0.05) is 6.42 Å². The number of rotatable bonds is 29. The summed E-state index contributed by atoms with van der Waals surface area (Å²) in [6, 6.07) is 0. The summed E-state index contributed by atoms with van der Waals surface area (Å²) in [5.41, 5.74) is 17.5. The number of allylic oxidation sites excluding steroid dienone is 34. The van der Waals surface area contributed by atoms with Crippen LogP contribution in [0.15, 0.2) is 201 Å². The molecule has 0 fully saturated rings. The minimum absolute atomic E-state index is 0. The van der Waals surface area contributed by atoms with E-state index >= 15 is 0 Å². The third-order valence-corrected chi connectivity index (χ3v) is 15.1. The van der Waals surface area contributed by atoms with Crippen LogP contribution < -0.4 is 0 Å². The van der Waals surface area contributed by atoms with Gasteiger partial charge in [-0.05, 0) is 231 Å². The van der Waals surface area contributed by atoms with Crippen LogP contribution in [0.25, 0.3) is 0 Å². The molecule has 0 amide bonds. The fraction of sp³-hybridized carbons (Fsp3) is 0.598. The van der Waals surface area contributed by atoms with Gasteiger partial charge in [-0.3, -0.25) is 4.79 Å². The Hall–Kier alpha value is -4.75. The minimum atomic E-state index is 0. The number of carbonyl (C=O) groups excluding carboxylic acids is 1. The molecule has 0 radical (unpaired) electrons. The monoisotopic (exact) mass is 1210 g/mol. The standard InChI is InChI=1S/C23H36.C22H36.C19H32O.C18H28.5CH4/c1-18(2)13-14-19(3)10-8-11-20(4)15-16-22-21(5)12-9-17-23(22,6)7;1-18(2)12-9-7-8-10-13-19(3)15-16-21-20(4)14-11-17-22(21,5)6;1-15(2)9-7-10-17(5)11-8-12-18(6)14-19(20)13-16(3)4;1-6-7-8-12-17(4)14-10-15-18(5)13-9-11-16(2)3;;;;;/h8,10-11,14-16,18H,9,12-13,17H2,1-7H3;8,10,13,15-16,18H,7,9,11-12,14,17H2,1-6H3;9,11,14,16H,7-8,10,12-13H2,1-6H3;6-8,10,12-16H,9,11H2,1-5H3;5*1H4/b10-8+,16-15+,19-14+,20-11+;10-8+,16-15+,19-13+;17-11+,18-14+;7-6-,12-8+,15-10+,17-14+,18-13+;;;;;. The average molecular weight is 1210 g/mol. The summed E-state index contributed by atoms with van der Waals surface area (Å²) >= 11 is 0. The van der Waals surface area contributed by atoms with Crippen LogP contribution in [0.5, 0.6) is 0 Å². The first-order valence-corrected chi connectivity index (χ1v) is 32.8. The normalized spacial score (nSPS) is 16.2. The van der Waals surface area contributed by atoms with E-state index in [1.165, 1.54) is 121 Å². The Balaban J connectivity index is -0.000000196. The van der Waals surface area contributed by atoms with Crippen LogP contribution in [-0.4, -0.2) is 5.78 Å². The van der Waals surface area contributed by atoms with Crippen LogP contribution in [0, 0.1) is 34.5 Å². The third-order valence-electron chi connectivity index (χ3n) is 15.1. The molecule has 2 aliphatic carbocycles. The summed E-state index contributed by atoms with van der Waals surface area (Å²) in [5.74, 6) is 3.06. The van der Waals surface area contributed by atoms with Gasteiger partial charge in [0.25, 0.3) is 0 Å². The van der Waals surface area contributed by atoms with E-state index < -0.39 is 0 Å². The highest BCUT2D eigenvalue weighted by atomic mass is 16.1. The molecule has 0 unspecified atom stereocenters. The molecule has 0 saturated carbocycles. The lowest BCUT2D eigenvalue weighted by atomic mass is 9.72. The Morgan fingerprint density at radius 3 is 1.35 bits per heavy atom. The van der Waals surface area contributed by atoms with Crippen LogP contribution >= 0.6 is 0 Å². The largest absolute Gasteiger partial charge is 0.295 e. The number of carbonyl (C=O) groups is 1. The summed E-state index contributed by atoms with van der Waals surface area (Å²) < 4.78 is 0. The maximum absolute atomic E-state index is 11.7. The van der Waals surface area contributed by atoms with E-state index in [0.29, 0.717) is 23.2 Å². The van der Waals surface area contributed by atoms with E-state index in [-0.39, 0.29) is 42.9 Å². The van der Waals surface area contributed by atoms with Gasteiger partial charge in [0.05, 0.1) is 0 Å². The van der Waals surface area contributed by atoms with Crippen molar-refractivity contribution in [2.75, 3.05) is 0 Å². The number of hydrogen-bond acceptors (Lipinski definition) is 1. The Bertz CT molecular complexity index is 2380. The molecule has 0 heterocycles. The highest BCUT2D eigenvalue weighted by Gasteiger charge is 2.27. The zero-order chi connectivity index (χ0) is 63.4. The molecule has 1 nitrogen and oxygen atoms in total. The first kappa shape index (κ1) is 96.9. The zero-order valence-corrected chi connectivity index (χ0v) is 58.9. The highest BCUT2D eigenvalue weighted by Crippen LogP contribution is 2.42. The van der Waals surface area contributed by atoms with Gasteiger partial charge in [-0.2, -0.15) is 0 Å². The van der Waals surface area contributed by atoms with E-state index in [4.69, 9.17) is 0 Å². The lowest BCUT2D eigenvalue weighted by Crippen LogP contribution is -2.19. The summed E-state index contributed by atoms with van der Waals surface area (Å²) in [6.07, 6.45) is 68.5. The van der Waals surface area contributed by atoms with Gasteiger partial charge in [-0.25, -0.2) is 0 Å². The molecular formula is C87H152O. The second kappa shape index (κ2) is 57.4. The Kier molecular flexibility index (Phi) is 63.2. The lowest BCUT2D eigenvalue weighted by molar-refractivity contribution is -0.115. The smallest absolute Gasteiger partial charge is 0.155 e. The minimum Gasteiger partial charge on any atom is -0.295 e. The van der Waals surface area contributed by atoms with E-state index in [1.807, 2.05) is 25.2 Å². The molecule has 0 N–H and O–H groups in total. The molecule has 0 aliphatic heterocycles. The highest BCUT2D eigenvalue weighted by molar-refractivity contribution is 5.90. The van der Waals surface area contributed by atoms with Crippen molar-refractivity contribution in [3.8, 4) is 0 Å². The third kappa shape index (κ3) is 56.5. The van der Waals surface area contributed by atoms with Crippen molar-refractivity contribution in [1.29, 1.82) is 0 Å². The van der Waals surface area contributed by atoms with Crippen molar-refractivity contribution >= 4 is 5.78 Å². The van der Waals surface area contributed by atoms with Crippen LogP contribution in [0.3, 0.4) is 0 Å². The Labute approximate surface area is 555 Å². The molecule has 0 aromatic heterocycles. The van der Waals surface area contributed by atoms with Crippen molar-refractivity contribution < 1.29 is 4.79 Å². The van der Waals surface area contributed by atoms with E-state index in [0.717, 1.165) is 49.9 Å². The number of ketones is 1. The molecule has 0 bridgehead atoms. The van der Waals surface area contributed by atoms with Gasteiger partial charge in [0.2, 0.25) is 0 Å². The predicted octanol–water partition coefficient (Wildman–Crippen LogP) is 30.2. The topological polar surface area (TPSA) is 17.1 Å². The van der Waals surface area contributed by atoms with Crippen LogP contribution in [0.4, 0.5) is 0 Å². The van der Waals surface area contributed by atoms with Crippen molar-refractivity contribution in [3.05, 3.63) is 201 Å². The summed E-state index contributed by atoms with van der Waals surface area (Å²) in [5, 5.41) is 0. The molecule has 0 saturated heterocycles. The van der Waals surface area contributed by atoms with Gasteiger partial charge in [-0.15, -0.1) is 0 Å². The lowest BCUT2D eigenvalue weighted by Gasteiger charge is -2.33. The SMILES string of the molecule is C.C.C.C.C.CC(C)=CCC/C(C)=C/CC/C(C)=C/C(=O)CC(C)C.CC1=C(/C=C/C(C)=C/C=C/C(C)=C/CC(C)C)C(C)(C)CCC1.CC1=C(/C=C/C(C)=C/C=C/CCCC(C)C)C(C)(C)CCC1.C\C=C/C=C/C(C)=C/C=C/C(C)=C/CCC(C)C. The quantitative estimate of drug-likeness (QED) is 0.0316. The van der Waals surface area contributed by atoms with E-state index in [9.17, 15) is 4.79 Å².